The normalized spacial score (nSPS) is 16.4. The summed E-state index contributed by atoms with van der Waals surface area (Å²) in [4.78, 5) is 15.6. The Hall–Kier alpha value is -3.53. The van der Waals surface area contributed by atoms with Gasteiger partial charge < -0.3 is 15.5 Å². The third-order valence-corrected chi connectivity index (χ3v) is 4.47. The van der Waals surface area contributed by atoms with Crippen LogP contribution in [0.15, 0.2) is 40.5 Å². The lowest BCUT2D eigenvalue weighted by Crippen LogP contribution is -2.25. The summed E-state index contributed by atoms with van der Waals surface area (Å²) in [6.07, 6.45) is 0. The third kappa shape index (κ3) is 2.19. The summed E-state index contributed by atoms with van der Waals surface area (Å²) in [6.45, 7) is 3.80. The van der Waals surface area contributed by atoms with Gasteiger partial charge in [-0.2, -0.15) is 5.26 Å². The number of ether oxygens (including phenoxy) is 1. The average Bonchev–Trinajstić information content (AvgIpc) is 2.94. The molecule has 4 rings (SSSR count). The monoisotopic (exact) mass is 333 g/mol. The molecule has 1 aromatic carbocycles. The number of aromatic nitrogens is 3. The fraction of sp³-hybridized carbons (Fsp3) is 0.167. The maximum Gasteiger partial charge on any atom is 0.252 e. The van der Waals surface area contributed by atoms with Gasteiger partial charge in [-0.25, -0.2) is 0 Å². The Kier molecular flexibility index (Phi) is 3.15. The van der Waals surface area contributed by atoms with Crippen molar-refractivity contribution in [2.24, 2.45) is 5.73 Å². The second-order valence-corrected chi connectivity index (χ2v) is 6.14. The molecule has 1 aliphatic rings. The van der Waals surface area contributed by atoms with Crippen molar-refractivity contribution >= 4 is 10.9 Å². The Labute approximate surface area is 142 Å². The number of allylic oxidation sites excluding steroid dienone is 1. The van der Waals surface area contributed by atoms with E-state index < -0.39 is 5.92 Å². The maximum absolute atomic E-state index is 12.7. The third-order valence-electron chi connectivity index (χ3n) is 4.47. The number of aryl methyl sites for hydroxylation is 2. The van der Waals surface area contributed by atoms with Crippen molar-refractivity contribution in [3.8, 4) is 11.9 Å². The summed E-state index contributed by atoms with van der Waals surface area (Å²) in [5, 5.41) is 17.4. The SMILES string of the molecule is Cc1ccc2[nH]c(=O)c(C3C(C#N)=C(N)Oc4n[nH]c(C)c43)cc2c1. The molecule has 7 heteroatoms. The molecule has 0 aliphatic carbocycles. The number of benzene rings is 1. The van der Waals surface area contributed by atoms with Gasteiger partial charge >= 0.3 is 0 Å². The number of nitriles is 1. The topological polar surface area (TPSA) is 121 Å². The molecule has 0 saturated carbocycles. The molecule has 7 nitrogen and oxygen atoms in total. The van der Waals surface area contributed by atoms with Gasteiger partial charge in [0.1, 0.15) is 11.6 Å². The number of rotatable bonds is 1. The fourth-order valence-corrected chi connectivity index (χ4v) is 3.27. The highest BCUT2D eigenvalue weighted by molar-refractivity contribution is 5.80. The standard InChI is InChI=1S/C18H15N5O2/c1-8-3-4-13-10(5-8)6-11(17(24)21-13)15-12(7-19)16(20)25-18-14(15)9(2)22-23-18/h3-6,15H,20H2,1-2H3,(H,21,24)(H,22,23). The van der Waals surface area contributed by atoms with Crippen molar-refractivity contribution in [2.75, 3.05) is 0 Å². The van der Waals surface area contributed by atoms with E-state index in [-0.39, 0.29) is 17.0 Å². The molecule has 0 saturated heterocycles. The van der Waals surface area contributed by atoms with Crippen molar-refractivity contribution < 1.29 is 4.74 Å². The molecule has 1 atom stereocenters. The molecule has 0 bridgehead atoms. The van der Waals surface area contributed by atoms with Gasteiger partial charge in [0, 0.05) is 22.3 Å². The van der Waals surface area contributed by atoms with Crippen LogP contribution in [0.4, 0.5) is 0 Å². The Morgan fingerprint density at radius 1 is 1.32 bits per heavy atom. The number of H-pyrrole nitrogens is 2. The van der Waals surface area contributed by atoms with Crippen molar-refractivity contribution in [1.29, 1.82) is 5.26 Å². The van der Waals surface area contributed by atoms with Gasteiger partial charge in [-0.15, -0.1) is 5.10 Å². The Balaban J connectivity index is 2.04. The second kappa shape index (κ2) is 5.24. The van der Waals surface area contributed by atoms with E-state index >= 15 is 0 Å². The lowest BCUT2D eigenvalue weighted by molar-refractivity contribution is 0.378. The molecule has 0 radical (unpaired) electrons. The van der Waals surface area contributed by atoms with E-state index in [0.717, 1.165) is 22.2 Å². The van der Waals surface area contributed by atoms with E-state index in [1.807, 2.05) is 32.0 Å². The quantitative estimate of drug-likeness (QED) is 0.629. The van der Waals surface area contributed by atoms with E-state index in [9.17, 15) is 10.1 Å². The first-order valence-electron chi connectivity index (χ1n) is 7.75. The second-order valence-electron chi connectivity index (χ2n) is 6.14. The van der Waals surface area contributed by atoms with Crippen LogP contribution >= 0.6 is 0 Å². The van der Waals surface area contributed by atoms with Crippen LogP contribution < -0.4 is 16.0 Å². The molecule has 3 heterocycles. The molecule has 124 valence electrons. The highest BCUT2D eigenvalue weighted by Gasteiger charge is 2.35. The van der Waals surface area contributed by atoms with Crippen molar-refractivity contribution in [2.45, 2.75) is 19.8 Å². The lowest BCUT2D eigenvalue weighted by atomic mass is 9.84. The maximum atomic E-state index is 12.7. The van der Waals surface area contributed by atoms with E-state index in [0.29, 0.717) is 17.0 Å². The van der Waals surface area contributed by atoms with E-state index in [2.05, 4.69) is 21.3 Å². The number of aromatic amines is 2. The highest BCUT2D eigenvalue weighted by Crippen LogP contribution is 2.41. The first-order valence-corrected chi connectivity index (χ1v) is 7.75. The average molecular weight is 333 g/mol. The van der Waals surface area contributed by atoms with Crippen LogP contribution in [0, 0.1) is 25.2 Å². The number of nitrogens with zero attached hydrogens (tertiary/aromatic N) is 2. The minimum Gasteiger partial charge on any atom is -0.420 e. The van der Waals surface area contributed by atoms with Crippen LogP contribution in [-0.4, -0.2) is 15.2 Å². The molecule has 1 aliphatic heterocycles. The summed E-state index contributed by atoms with van der Waals surface area (Å²) in [5.41, 5.74) is 9.47. The minimum absolute atomic E-state index is 0.0322. The van der Waals surface area contributed by atoms with Gasteiger partial charge in [0.15, 0.2) is 0 Å². The summed E-state index contributed by atoms with van der Waals surface area (Å²) >= 11 is 0. The number of hydrogen-bond acceptors (Lipinski definition) is 5. The van der Waals surface area contributed by atoms with E-state index in [1.165, 1.54) is 0 Å². The van der Waals surface area contributed by atoms with E-state index in [1.54, 1.807) is 6.07 Å². The molecular weight excluding hydrogens is 318 g/mol. The zero-order valence-corrected chi connectivity index (χ0v) is 13.7. The molecule has 4 N–H and O–H groups in total. The van der Waals surface area contributed by atoms with Gasteiger partial charge in [0.25, 0.3) is 5.56 Å². The number of hydrogen-bond donors (Lipinski definition) is 3. The van der Waals surface area contributed by atoms with Gasteiger partial charge in [0.2, 0.25) is 11.8 Å². The van der Waals surface area contributed by atoms with Crippen LogP contribution in [0.3, 0.4) is 0 Å². The minimum atomic E-state index is -0.624. The van der Waals surface area contributed by atoms with E-state index in [4.69, 9.17) is 10.5 Å². The van der Waals surface area contributed by atoms with Crippen molar-refractivity contribution in [3.63, 3.8) is 0 Å². The molecule has 0 fully saturated rings. The Bertz CT molecular complexity index is 1150. The van der Waals surface area contributed by atoms with Gasteiger partial charge in [-0.1, -0.05) is 11.6 Å². The Morgan fingerprint density at radius 3 is 2.88 bits per heavy atom. The first kappa shape index (κ1) is 15.0. The van der Waals surface area contributed by atoms with Gasteiger partial charge in [-0.3, -0.25) is 9.89 Å². The molecule has 0 amide bonds. The van der Waals surface area contributed by atoms with Gasteiger partial charge in [-0.05, 0) is 37.4 Å². The smallest absolute Gasteiger partial charge is 0.252 e. The number of nitrogens with one attached hydrogen (secondary N) is 2. The van der Waals surface area contributed by atoms with Gasteiger partial charge in [0.05, 0.1) is 5.92 Å². The van der Waals surface area contributed by atoms with Crippen LogP contribution in [0.25, 0.3) is 10.9 Å². The molecule has 1 unspecified atom stereocenters. The van der Waals surface area contributed by atoms with Crippen LogP contribution in [0.1, 0.15) is 28.3 Å². The molecule has 3 aromatic rings. The predicted molar refractivity (Wildman–Crippen MR) is 91.9 cm³/mol. The predicted octanol–water partition coefficient (Wildman–Crippen LogP) is 2.09. The van der Waals surface area contributed by atoms with Crippen molar-refractivity contribution in [1.82, 2.24) is 15.2 Å². The molecule has 25 heavy (non-hydrogen) atoms. The van der Waals surface area contributed by atoms with Crippen molar-refractivity contribution in [3.05, 3.63) is 68.5 Å². The lowest BCUT2D eigenvalue weighted by Gasteiger charge is -2.23. The summed E-state index contributed by atoms with van der Waals surface area (Å²) < 4.78 is 5.43. The zero-order valence-electron chi connectivity index (χ0n) is 13.7. The first-order chi connectivity index (χ1) is 12.0. The van der Waals surface area contributed by atoms with Crippen LogP contribution in [0.2, 0.25) is 0 Å². The number of nitrogens with two attached hydrogens (primary N) is 1. The summed E-state index contributed by atoms with van der Waals surface area (Å²) in [6, 6.07) is 9.67. The molecule has 2 aromatic heterocycles. The van der Waals surface area contributed by atoms with Crippen LogP contribution in [0.5, 0.6) is 5.88 Å². The molecular formula is C18H15N5O2. The highest BCUT2D eigenvalue weighted by atomic mass is 16.5. The zero-order chi connectivity index (χ0) is 17.7. The molecule has 0 spiro atoms. The fourth-order valence-electron chi connectivity index (χ4n) is 3.27. The number of pyridine rings is 1. The Morgan fingerprint density at radius 2 is 2.12 bits per heavy atom. The largest absolute Gasteiger partial charge is 0.420 e. The summed E-state index contributed by atoms with van der Waals surface area (Å²) in [5.74, 6) is -0.362. The summed E-state index contributed by atoms with van der Waals surface area (Å²) in [7, 11) is 0. The number of fused-ring (bicyclic) bond motifs is 2. The van der Waals surface area contributed by atoms with Crippen LogP contribution in [-0.2, 0) is 0 Å².